The Morgan fingerprint density at radius 3 is 2.67 bits per heavy atom. The lowest BCUT2D eigenvalue weighted by atomic mass is 10.1. The summed E-state index contributed by atoms with van der Waals surface area (Å²) in [6, 6.07) is 5.28. The zero-order chi connectivity index (χ0) is 13.8. The Morgan fingerprint density at radius 2 is 2.11 bits per heavy atom. The minimum absolute atomic E-state index is 0.104. The molecule has 0 aliphatic carbocycles. The molecule has 18 heavy (non-hydrogen) atoms. The maximum atomic E-state index is 9.88. The molecule has 0 atom stereocenters. The fourth-order valence-corrected chi connectivity index (χ4v) is 1.45. The van der Waals surface area contributed by atoms with Crippen LogP contribution in [0.5, 0.6) is 11.5 Å². The van der Waals surface area contributed by atoms with E-state index in [1.165, 1.54) is 7.11 Å². The minimum atomic E-state index is -0.135. The molecule has 1 aromatic carbocycles. The fourth-order valence-electron chi connectivity index (χ4n) is 1.45. The molecule has 0 radical (unpaired) electrons. The van der Waals surface area contributed by atoms with Crippen LogP contribution in [0.1, 0.15) is 26.3 Å². The van der Waals surface area contributed by atoms with Crippen LogP contribution in [-0.2, 0) is 6.54 Å². The lowest BCUT2D eigenvalue weighted by Crippen LogP contribution is -2.44. The molecule has 0 saturated carbocycles. The Hall–Kier alpha value is -1.91. The van der Waals surface area contributed by atoms with Gasteiger partial charge in [-0.15, -0.1) is 0 Å². The Kier molecular flexibility index (Phi) is 4.42. The fraction of sp³-hybridized carbons (Fsp3) is 0.462. The Bertz CT molecular complexity index is 436. The van der Waals surface area contributed by atoms with Gasteiger partial charge < -0.3 is 20.9 Å². The monoisotopic (exact) mass is 251 g/mol. The number of benzene rings is 1. The van der Waals surface area contributed by atoms with Gasteiger partial charge in [0.2, 0.25) is 0 Å². The first-order valence-electron chi connectivity index (χ1n) is 5.76. The zero-order valence-electron chi connectivity index (χ0n) is 11.3. The van der Waals surface area contributed by atoms with Crippen molar-refractivity contribution in [3.05, 3.63) is 23.8 Å². The number of aliphatic imine (C=N–C) groups is 1. The summed E-state index contributed by atoms with van der Waals surface area (Å²) in [5, 5.41) is 12.9. The van der Waals surface area contributed by atoms with E-state index < -0.39 is 0 Å². The van der Waals surface area contributed by atoms with E-state index in [-0.39, 0.29) is 11.3 Å². The predicted octanol–water partition coefficient (Wildman–Crippen LogP) is 1.60. The summed E-state index contributed by atoms with van der Waals surface area (Å²) >= 11 is 0. The van der Waals surface area contributed by atoms with Crippen LogP contribution in [0.15, 0.2) is 23.2 Å². The molecule has 0 amide bonds. The quantitative estimate of drug-likeness (QED) is 0.563. The van der Waals surface area contributed by atoms with E-state index in [0.717, 1.165) is 0 Å². The van der Waals surface area contributed by atoms with Crippen LogP contribution < -0.4 is 15.8 Å². The van der Waals surface area contributed by atoms with Gasteiger partial charge in [-0.05, 0) is 26.8 Å². The normalized spacial score (nSPS) is 12.3. The van der Waals surface area contributed by atoms with Crippen molar-refractivity contribution in [2.75, 3.05) is 7.11 Å². The summed E-state index contributed by atoms with van der Waals surface area (Å²) in [5.74, 6) is 0.891. The molecule has 1 rings (SSSR count). The average Bonchev–Trinajstić information content (AvgIpc) is 2.25. The second-order valence-electron chi connectivity index (χ2n) is 5.04. The van der Waals surface area contributed by atoms with Gasteiger partial charge in [0.05, 0.1) is 13.7 Å². The first kappa shape index (κ1) is 14.2. The van der Waals surface area contributed by atoms with E-state index in [1.807, 2.05) is 20.8 Å². The van der Waals surface area contributed by atoms with Crippen molar-refractivity contribution < 1.29 is 9.84 Å². The number of phenolic OH excluding ortho intramolecular Hbond substituents is 1. The molecule has 0 unspecified atom stereocenters. The van der Waals surface area contributed by atoms with E-state index in [4.69, 9.17) is 10.5 Å². The van der Waals surface area contributed by atoms with Crippen LogP contribution in [0, 0.1) is 0 Å². The number of nitrogens with zero attached hydrogens (tertiary/aromatic N) is 1. The highest BCUT2D eigenvalue weighted by Crippen LogP contribution is 2.29. The molecule has 0 aromatic heterocycles. The van der Waals surface area contributed by atoms with Crippen molar-refractivity contribution in [3.8, 4) is 11.5 Å². The first-order valence-corrected chi connectivity index (χ1v) is 5.76. The standard InChI is InChI=1S/C13H21N3O2/c1-13(2,3)16-12(14)15-8-9-6-5-7-10(18-4)11(9)17/h5-7,17H,8H2,1-4H3,(H3,14,15,16). The van der Waals surface area contributed by atoms with Crippen LogP contribution in [0.25, 0.3) is 0 Å². The summed E-state index contributed by atoms with van der Waals surface area (Å²) in [6.07, 6.45) is 0. The van der Waals surface area contributed by atoms with Crippen LogP contribution in [-0.4, -0.2) is 23.7 Å². The molecule has 0 bridgehead atoms. The van der Waals surface area contributed by atoms with Crippen LogP contribution in [0.2, 0.25) is 0 Å². The van der Waals surface area contributed by atoms with Gasteiger partial charge in [-0.1, -0.05) is 12.1 Å². The summed E-state index contributed by atoms with van der Waals surface area (Å²) in [4.78, 5) is 4.18. The molecule has 0 aliphatic heterocycles. The van der Waals surface area contributed by atoms with Gasteiger partial charge in [-0.3, -0.25) is 0 Å². The average molecular weight is 251 g/mol. The van der Waals surface area contributed by atoms with Crippen molar-refractivity contribution in [1.29, 1.82) is 0 Å². The van der Waals surface area contributed by atoms with Gasteiger partial charge in [0, 0.05) is 11.1 Å². The van der Waals surface area contributed by atoms with Crippen molar-refractivity contribution in [3.63, 3.8) is 0 Å². The maximum Gasteiger partial charge on any atom is 0.189 e. The van der Waals surface area contributed by atoms with Gasteiger partial charge >= 0.3 is 0 Å². The van der Waals surface area contributed by atoms with Gasteiger partial charge in [-0.2, -0.15) is 0 Å². The second-order valence-corrected chi connectivity index (χ2v) is 5.04. The highest BCUT2D eigenvalue weighted by atomic mass is 16.5. The van der Waals surface area contributed by atoms with Crippen LogP contribution in [0.3, 0.4) is 0 Å². The van der Waals surface area contributed by atoms with Gasteiger partial charge in [0.15, 0.2) is 17.5 Å². The van der Waals surface area contributed by atoms with Crippen LogP contribution >= 0.6 is 0 Å². The molecule has 4 N–H and O–H groups in total. The lowest BCUT2D eigenvalue weighted by Gasteiger charge is -2.21. The summed E-state index contributed by atoms with van der Waals surface area (Å²) in [7, 11) is 1.51. The van der Waals surface area contributed by atoms with Crippen molar-refractivity contribution in [2.24, 2.45) is 10.7 Å². The van der Waals surface area contributed by atoms with Gasteiger partial charge in [0.1, 0.15) is 0 Å². The molecule has 0 saturated heterocycles. The number of para-hydroxylation sites is 1. The van der Waals surface area contributed by atoms with Crippen molar-refractivity contribution in [2.45, 2.75) is 32.9 Å². The van der Waals surface area contributed by atoms with Crippen molar-refractivity contribution in [1.82, 2.24) is 5.32 Å². The molecular formula is C13H21N3O2. The highest BCUT2D eigenvalue weighted by molar-refractivity contribution is 5.78. The number of aromatic hydroxyl groups is 1. The number of methoxy groups -OCH3 is 1. The number of hydrogen-bond acceptors (Lipinski definition) is 3. The third kappa shape index (κ3) is 4.16. The van der Waals surface area contributed by atoms with Gasteiger partial charge in [0.25, 0.3) is 0 Å². The Balaban J connectivity index is 2.77. The molecule has 5 nitrogen and oxygen atoms in total. The molecule has 0 fully saturated rings. The molecule has 1 aromatic rings. The Morgan fingerprint density at radius 1 is 1.44 bits per heavy atom. The van der Waals surface area contributed by atoms with E-state index >= 15 is 0 Å². The number of ether oxygens (including phenoxy) is 1. The minimum Gasteiger partial charge on any atom is -0.504 e. The van der Waals surface area contributed by atoms with Crippen LogP contribution in [0.4, 0.5) is 0 Å². The summed E-state index contributed by atoms with van der Waals surface area (Å²) < 4.78 is 5.03. The number of rotatable bonds is 3. The maximum absolute atomic E-state index is 9.88. The zero-order valence-corrected chi connectivity index (χ0v) is 11.3. The largest absolute Gasteiger partial charge is 0.504 e. The smallest absolute Gasteiger partial charge is 0.189 e. The number of hydrogen-bond donors (Lipinski definition) is 3. The third-order valence-corrected chi connectivity index (χ3v) is 2.23. The number of nitrogens with one attached hydrogen (secondary N) is 1. The third-order valence-electron chi connectivity index (χ3n) is 2.23. The first-order chi connectivity index (χ1) is 8.33. The van der Waals surface area contributed by atoms with E-state index in [2.05, 4.69) is 10.3 Å². The molecule has 0 heterocycles. The molecule has 100 valence electrons. The summed E-state index contributed by atoms with van der Waals surface area (Å²) in [6.45, 7) is 6.30. The molecule has 5 heteroatoms. The SMILES string of the molecule is COc1cccc(CN=C(N)NC(C)(C)C)c1O. The molecular weight excluding hydrogens is 230 g/mol. The second kappa shape index (κ2) is 5.62. The number of phenols is 1. The van der Waals surface area contributed by atoms with Gasteiger partial charge in [-0.25, -0.2) is 4.99 Å². The number of nitrogens with two attached hydrogens (primary N) is 1. The number of guanidine groups is 1. The van der Waals surface area contributed by atoms with E-state index in [1.54, 1.807) is 18.2 Å². The van der Waals surface area contributed by atoms with E-state index in [9.17, 15) is 5.11 Å². The van der Waals surface area contributed by atoms with E-state index in [0.29, 0.717) is 23.8 Å². The topological polar surface area (TPSA) is 79.9 Å². The molecule has 0 aliphatic rings. The lowest BCUT2D eigenvalue weighted by molar-refractivity contribution is 0.370. The summed E-state index contributed by atoms with van der Waals surface area (Å²) in [5.41, 5.74) is 6.29. The predicted molar refractivity (Wildman–Crippen MR) is 72.9 cm³/mol. The Labute approximate surface area is 108 Å². The highest BCUT2D eigenvalue weighted by Gasteiger charge is 2.10. The van der Waals surface area contributed by atoms with Crippen molar-refractivity contribution >= 4 is 5.96 Å². The molecule has 0 spiro atoms.